The number of para-hydroxylation sites is 1. The molecule has 2 heterocycles. The molecule has 1 aliphatic carbocycles. The van der Waals surface area contributed by atoms with Crippen LogP contribution in [0.15, 0.2) is 24.3 Å². The van der Waals surface area contributed by atoms with Crippen molar-refractivity contribution in [2.45, 2.75) is 31.7 Å². The van der Waals surface area contributed by atoms with Gasteiger partial charge in [0.25, 0.3) is 0 Å². The van der Waals surface area contributed by atoms with Crippen molar-refractivity contribution in [3.63, 3.8) is 0 Å². The van der Waals surface area contributed by atoms with Crippen LogP contribution < -0.4 is 4.90 Å². The molecule has 2 saturated heterocycles. The highest BCUT2D eigenvalue weighted by Crippen LogP contribution is 2.50. The predicted octanol–water partition coefficient (Wildman–Crippen LogP) is 2.63. The largest absolute Gasteiger partial charge is 0.481 e. The van der Waals surface area contributed by atoms with Gasteiger partial charge in [0.15, 0.2) is 0 Å². The van der Waals surface area contributed by atoms with E-state index in [9.17, 15) is 14.7 Å². The van der Waals surface area contributed by atoms with Gasteiger partial charge >= 0.3 is 5.97 Å². The van der Waals surface area contributed by atoms with Gasteiger partial charge in [-0.2, -0.15) is 0 Å². The Morgan fingerprint density at radius 2 is 2.08 bits per heavy atom. The molecule has 1 unspecified atom stereocenters. The van der Waals surface area contributed by atoms with Crippen LogP contribution in [0.4, 0.5) is 5.69 Å². The highest BCUT2D eigenvalue weighted by molar-refractivity contribution is 6.33. The first-order valence-corrected chi connectivity index (χ1v) is 8.94. The Morgan fingerprint density at radius 3 is 2.79 bits per heavy atom. The number of carboxylic acid groups (broad SMARTS) is 1. The SMILES string of the molecule is O=C1C(N2C[C@@H]3CCC[C@@]3(C(=O)O)C2)CCN1c1ccccc1Cl. The van der Waals surface area contributed by atoms with Crippen LogP contribution in [0.3, 0.4) is 0 Å². The summed E-state index contributed by atoms with van der Waals surface area (Å²) in [5.74, 6) is -0.471. The van der Waals surface area contributed by atoms with Crippen molar-refractivity contribution in [3.05, 3.63) is 29.3 Å². The molecule has 4 rings (SSSR count). The average molecular weight is 349 g/mol. The van der Waals surface area contributed by atoms with Crippen molar-refractivity contribution in [1.29, 1.82) is 0 Å². The highest BCUT2D eigenvalue weighted by Gasteiger charge is 2.57. The minimum Gasteiger partial charge on any atom is -0.481 e. The van der Waals surface area contributed by atoms with Crippen LogP contribution in [-0.2, 0) is 9.59 Å². The van der Waals surface area contributed by atoms with E-state index in [2.05, 4.69) is 4.90 Å². The van der Waals surface area contributed by atoms with E-state index in [0.717, 1.165) is 37.9 Å². The topological polar surface area (TPSA) is 60.9 Å². The van der Waals surface area contributed by atoms with E-state index in [4.69, 9.17) is 11.6 Å². The first kappa shape index (κ1) is 15.9. The molecule has 1 N–H and O–H groups in total. The van der Waals surface area contributed by atoms with Crippen molar-refractivity contribution in [2.24, 2.45) is 11.3 Å². The zero-order valence-electron chi connectivity index (χ0n) is 13.4. The van der Waals surface area contributed by atoms with Gasteiger partial charge in [0.1, 0.15) is 0 Å². The van der Waals surface area contributed by atoms with Gasteiger partial charge in [-0.25, -0.2) is 0 Å². The Hall–Kier alpha value is -1.59. The summed E-state index contributed by atoms with van der Waals surface area (Å²) >= 11 is 6.23. The summed E-state index contributed by atoms with van der Waals surface area (Å²) < 4.78 is 0. The third-order valence-corrected chi connectivity index (χ3v) is 6.40. The fourth-order valence-corrected chi connectivity index (χ4v) is 5.07. The molecule has 24 heavy (non-hydrogen) atoms. The number of carbonyl (C=O) groups is 2. The Morgan fingerprint density at radius 1 is 1.29 bits per heavy atom. The number of benzene rings is 1. The monoisotopic (exact) mass is 348 g/mol. The summed E-state index contributed by atoms with van der Waals surface area (Å²) in [7, 11) is 0. The molecular formula is C18H21ClN2O3. The molecule has 1 saturated carbocycles. The average Bonchev–Trinajstić information content (AvgIpc) is 3.20. The first-order chi connectivity index (χ1) is 11.5. The van der Waals surface area contributed by atoms with Gasteiger partial charge in [0, 0.05) is 19.6 Å². The third-order valence-electron chi connectivity index (χ3n) is 6.08. The van der Waals surface area contributed by atoms with E-state index >= 15 is 0 Å². The molecule has 1 aromatic rings. The van der Waals surface area contributed by atoms with Gasteiger partial charge < -0.3 is 10.0 Å². The van der Waals surface area contributed by atoms with Gasteiger partial charge in [-0.15, -0.1) is 0 Å². The second-order valence-corrected chi connectivity index (χ2v) is 7.63. The van der Waals surface area contributed by atoms with Crippen molar-refractivity contribution in [1.82, 2.24) is 4.90 Å². The molecule has 1 aromatic carbocycles. The number of likely N-dealkylation sites (tertiary alicyclic amines) is 1. The molecule has 6 heteroatoms. The van der Waals surface area contributed by atoms with Crippen LogP contribution in [0, 0.1) is 11.3 Å². The quantitative estimate of drug-likeness (QED) is 0.912. The van der Waals surface area contributed by atoms with Crippen LogP contribution >= 0.6 is 11.6 Å². The van der Waals surface area contributed by atoms with Crippen LogP contribution in [0.2, 0.25) is 5.02 Å². The maximum absolute atomic E-state index is 12.9. The Kier molecular flexibility index (Phi) is 3.81. The molecule has 0 aromatic heterocycles. The van der Waals surface area contributed by atoms with E-state index in [0.29, 0.717) is 18.1 Å². The Bertz CT molecular complexity index is 695. The van der Waals surface area contributed by atoms with Crippen molar-refractivity contribution >= 4 is 29.2 Å². The number of fused-ring (bicyclic) bond motifs is 1. The molecule has 2 aliphatic heterocycles. The third kappa shape index (κ3) is 2.25. The molecule has 128 valence electrons. The first-order valence-electron chi connectivity index (χ1n) is 8.56. The van der Waals surface area contributed by atoms with E-state index in [1.807, 2.05) is 18.2 Å². The number of nitrogens with zero attached hydrogens (tertiary/aromatic N) is 2. The molecule has 3 aliphatic rings. The minimum atomic E-state index is -0.694. The molecule has 3 atom stereocenters. The smallest absolute Gasteiger partial charge is 0.311 e. The second-order valence-electron chi connectivity index (χ2n) is 7.23. The van der Waals surface area contributed by atoms with Crippen LogP contribution in [-0.4, -0.2) is 47.6 Å². The number of hydrogen-bond donors (Lipinski definition) is 1. The zero-order chi connectivity index (χ0) is 16.9. The number of carboxylic acids is 1. The van der Waals surface area contributed by atoms with Gasteiger partial charge in [-0.3, -0.25) is 14.5 Å². The van der Waals surface area contributed by atoms with Gasteiger partial charge in [-0.1, -0.05) is 30.2 Å². The molecule has 0 bridgehead atoms. The number of hydrogen-bond acceptors (Lipinski definition) is 3. The number of rotatable bonds is 3. The summed E-state index contributed by atoms with van der Waals surface area (Å²) in [5.41, 5.74) is 0.108. The lowest BCUT2D eigenvalue weighted by Crippen LogP contribution is -2.43. The van der Waals surface area contributed by atoms with Gasteiger partial charge in [0.2, 0.25) is 5.91 Å². The lowest BCUT2D eigenvalue weighted by atomic mass is 9.81. The van der Waals surface area contributed by atoms with Crippen molar-refractivity contribution in [3.8, 4) is 0 Å². The summed E-state index contributed by atoms with van der Waals surface area (Å²) in [6, 6.07) is 7.16. The second kappa shape index (κ2) is 5.74. The molecule has 3 fully saturated rings. The number of halogens is 1. The summed E-state index contributed by atoms with van der Waals surface area (Å²) in [5, 5.41) is 10.3. The lowest BCUT2D eigenvalue weighted by molar-refractivity contribution is -0.149. The highest BCUT2D eigenvalue weighted by atomic mass is 35.5. The summed E-state index contributed by atoms with van der Waals surface area (Å²) in [6.45, 7) is 1.85. The molecular weight excluding hydrogens is 328 g/mol. The fraction of sp³-hybridized carbons (Fsp3) is 0.556. The standard InChI is InChI=1S/C18H21ClN2O3/c19-13-5-1-2-6-14(13)21-9-7-15(16(21)22)20-10-12-4-3-8-18(12,11-20)17(23)24/h1-2,5-6,12,15H,3-4,7-11H2,(H,23,24)/t12-,15?,18+/m0/s1. The molecule has 0 radical (unpaired) electrons. The van der Waals surface area contributed by atoms with Crippen LogP contribution in [0.5, 0.6) is 0 Å². The summed E-state index contributed by atoms with van der Waals surface area (Å²) in [4.78, 5) is 28.6. The number of aliphatic carboxylic acids is 1. The molecule has 0 spiro atoms. The maximum atomic E-state index is 12.9. The van der Waals surface area contributed by atoms with Crippen molar-refractivity contribution < 1.29 is 14.7 Å². The van der Waals surface area contributed by atoms with Gasteiger partial charge in [-0.05, 0) is 37.3 Å². The normalized spacial score (nSPS) is 33.2. The Labute approximate surface area is 146 Å². The van der Waals surface area contributed by atoms with E-state index in [1.165, 1.54) is 0 Å². The maximum Gasteiger partial charge on any atom is 0.311 e. The van der Waals surface area contributed by atoms with E-state index in [1.54, 1.807) is 11.0 Å². The minimum absolute atomic E-state index is 0.0450. The number of amides is 1. The van der Waals surface area contributed by atoms with E-state index in [-0.39, 0.29) is 17.9 Å². The Balaban J connectivity index is 1.54. The van der Waals surface area contributed by atoms with Crippen LogP contribution in [0.1, 0.15) is 25.7 Å². The van der Waals surface area contributed by atoms with Crippen molar-refractivity contribution in [2.75, 3.05) is 24.5 Å². The lowest BCUT2D eigenvalue weighted by Gasteiger charge is -2.26. The summed E-state index contributed by atoms with van der Waals surface area (Å²) in [6.07, 6.45) is 3.40. The number of carbonyl (C=O) groups excluding carboxylic acids is 1. The zero-order valence-corrected chi connectivity index (χ0v) is 14.2. The van der Waals surface area contributed by atoms with Gasteiger partial charge in [0.05, 0.1) is 22.2 Å². The molecule has 1 amide bonds. The fourth-order valence-electron chi connectivity index (χ4n) is 4.83. The molecule has 5 nitrogen and oxygen atoms in total. The van der Waals surface area contributed by atoms with E-state index < -0.39 is 11.4 Å². The predicted molar refractivity (Wildman–Crippen MR) is 91.2 cm³/mol. The van der Waals surface area contributed by atoms with Crippen LogP contribution in [0.25, 0.3) is 0 Å². The number of anilines is 1.